The molecular formula is C60H119NO4. The van der Waals surface area contributed by atoms with Crippen molar-refractivity contribution in [2.75, 3.05) is 6.61 Å². The van der Waals surface area contributed by atoms with Crippen LogP contribution in [-0.2, 0) is 4.79 Å². The molecule has 0 spiro atoms. The molecule has 0 fully saturated rings. The molecule has 0 aromatic carbocycles. The van der Waals surface area contributed by atoms with Crippen LogP contribution in [0.15, 0.2) is 12.2 Å². The van der Waals surface area contributed by atoms with Crippen LogP contribution in [-0.4, -0.2) is 46.1 Å². The van der Waals surface area contributed by atoms with Crippen LogP contribution in [0, 0.1) is 0 Å². The van der Waals surface area contributed by atoms with Gasteiger partial charge in [0.15, 0.2) is 0 Å². The van der Waals surface area contributed by atoms with Gasteiger partial charge in [0.2, 0.25) is 5.91 Å². The van der Waals surface area contributed by atoms with Crippen molar-refractivity contribution >= 4 is 5.91 Å². The normalized spacial score (nSPS) is 13.2. The lowest BCUT2D eigenvalue weighted by Gasteiger charge is -2.26. The van der Waals surface area contributed by atoms with Crippen LogP contribution < -0.4 is 5.32 Å². The Morgan fingerprint density at radius 1 is 0.369 bits per heavy atom. The van der Waals surface area contributed by atoms with Gasteiger partial charge in [-0.1, -0.05) is 309 Å². The molecule has 0 saturated carbocycles. The topological polar surface area (TPSA) is 89.8 Å². The van der Waals surface area contributed by atoms with Crippen molar-refractivity contribution in [3.05, 3.63) is 12.2 Å². The van der Waals surface area contributed by atoms with Gasteiger partial charge in [-0.05, 0) is 38.5 Å². The van der Waals surface area contributed by atoms with E-state index in [1.54, 1.807) is 0 Å². The van der Waals surface area contributed by atoms with E-state index in [0.717, 1.165) is 32.1 Å². The van der Waals surface area contributed by atoms with Crippen molar-refractivity contribution in [3.8, 4) is 0 Å². The van der Waals surface area contributed by atoms with E-state index in [9.17, 15) is 20.1 Å². The fraction of sp³-hybridized carbons (Fsp3) is 0.950. The summed E-state index contributed by atoms with van der Waals surface area (Å²) in [6, 6.07) is -0.808. The monoisotopic (exact) mass is 918 g/mol. The molecule has 0 aliphatic carbocycles. The minimum atomic E-state index is -1.14. The first kappa shape index (κ1) is 64.1. The Morgan fingerprint density at radius 3 is 0.892 bits per heavy atom. The maximum absolute atomic E-state index is 12.5. The summed E-state index contributed by atoms with van der Waals surface area (Å²) in [7, 11) is 0. The molecular weight excluding hydrogens is 799 g/mol. The molecule has 3 atom stereocenters. The Morgan fingerprint density at radius 2 is 0.615 bits per heavy atom. The fourth-order valence-electron chi connectivity index (χ4n) is 9.75. The maximum atomic E-state index is 12.5. The van der Waals surface area contributed by atoms with Gasteiger partial charge >= 0.3 is 0 Å². The van der Waals surface area contributed by atoms with Gasteiger partial charge in [0, 0.05) is 6.42 Å². The van der Waals surface area contributed by atoms with E-state index in [0.29, 0.717) is 12.8 Å². The number of aliphatic hydroxyl groups excluding tert-OH is 3. The zero-order chi connectivity index (χ0) is 47.2. The average Bonchev–Trinajstić information content (AvgIpc) is 3.31. The van der Waals surface area contributed by atoms with Crippen molar-refractivity contribution in [1.29, 1.82) is 0 Å². The van der Waals surface area contributed by atoms with Crippen LogP contribution >= 0.6 is 0 Å². The number of amides is 1. The first-order valence-corrected chi connectivity index (χ1v) is 30.0. The highest BCUT2D eigenvalue weighted by molar-refractivity contribution is 5.76. The maximum Gasteiger partial charge on any atom is 0.220 e. The van der Waals surface area contributed by atoms with E-state index >= 15 is 0 Å². The summed E-state index contributed by atoms with van der Waals surface area (Å²) < 4.78 is 0. The minimum Gasteiger partial charge on any atom is -0.394 e. The van der Waals surface area contributed by atoms with Crippen LogP contribution in [0.2, 0.25) is 0 Å². The number of hydrogen-bond donors (Lipinski definition) is 4. The van der Waals surface area contributed by atoms with Gasteiger partial charge in [0.05, 0.1) is 18.8 Å². The van der Waals surface area contributed by atoms with Crippen LogP contribution in [0.25, 0.3) is 0 Å². The summed E-state index contributed by atoms with van der Waals surface area (Å²) in [5, 5.41) is 33.9. The van der Waals surface area contributed by atoms with E-state index in [4.69, 9.17) is 0 Å². The smallest absolute Gasteiger partial charge is 0.220 e. The Kier molecular flexibility index (Phi) is 54.9. The second-order valence-corrected chi connectivity index (χ2v) is 20.9. The van der Waals surface area contributed by atoms with E-state index < -0.39 is 18.2 Å². The summed E-state index contributed by atoms with van der Waals surface area (Å²) in [6.45, 7) is 4.23. The Hall–Kier alpha value is -0.910. The van der Waals surface area contributed by atoms with Crippen LogP contribution in [0.4, 0.5) is 0 Å². The van der Waals surface area contributed by atoms with E-state index in [2.05, 4.69) is 31.3 Å². The Labute approximate surface area is 408 Å². The van der Waals surface area contributed by atoms with Crippen LogP contribution in [0.5, 0.6) is 0 Å². The standard InChI is InChI=1S/C60H119NO4/c1-3-5-7-9-11-13-15-17-19-21-23-25-27-29-30-31-33-35-37-39-41-43-45-47-49-51-53-55-59(64)61-57(56-62)60(65)58(63)54-52-50-48-46-44-42-40-38-36-34-32-28-26-24-22-20-18-16-14-12-10-8-6-4-2/h29-30,57-58,60,62-63,65H,3-28,31-56H2,1-2H3,(H,61,64)/b30-29-. The van der Waals surface area contributed by atoms with Crippen molar-refractivity contribution in [2.24, 2.45) is 0 Å². The number of hydrogen-bond acceptors (Lipinski definition) is 4. The number of carbonyl (C=O) groups is 1. The molecule has 0 aliphatic rings. The second kappa shape index (κ2) is 55.7. The molecule has 0 aromatic heterocycles. The number of carbonyl (C=O) groups excluding carboxylic acids is 1. The van der Waals surface area contributed by atoms with Gasteiger partial charge in [-0.15, -0.1) is 0 Å². The predicted octanol–water partition coefficient (Wildman–Crippen LogP) is 18.7. The lowest BCUT2D eigenvalue weighted by Crippen LogP contribution is -2.50. The minimum absolute atomic E-state index is 0.139. The number of aliphatic hydroxyl groups is 3. The highest BCUT2D eigenvalue weighted by atomic mass is 16.3. The van der Waals surface area contributed by atoms with Crippen molar-refractivity contribution in [2.45, 2.75) is 360 Å². The zero-order valence-corrected chi connectivity index (χ0v) is 44.4. The highest BCUT2D eigenvalue weighted by Gasteiger charge is 2.26. The van der Waals surface area contributed by atoms with Crippen LogP contribution in [0.1, 0.15) is 341 Å². The molecule has 3 unspecified atom stereocenters. The first-order chi connectivity index (χ1) is 32.1. The van der Waals surface area contributed by atoms with Crippen molar-refractivity contribution < 1.29 is 20.1 Å². The molecule has 0 radical (unpaired) electrons. The molecule has 5 nitrogen and oxygen atoms in total. The summed E-state index contributed by atoms with van der Waals surface area (Å²) in [5.74, 6) is -0.139. The Bertz CT molecular complexity index is 925. The van der Waals surface area contributed by atoms with Gasteiger partial charge in [-0.25, -0.2) is 0 Å². The summed E-state index contributed by atoms with van der Waals surface area (Å²) in [6.07, 6.45) is 69.5. The zero-order valence-electron chi connectivity index (χ0n) is 44.4. The molecule has 0 aromatic rings. The number of unbranched alkanes of at least 4 members (excludes halogenated alkanes) is 46. The van der Waals surface area contributed by atoms with Gasteiger partial charge < -0.3 is 20.6 Å². The Balaban J connectivity index is 3.50. The van der Waals surface area contributed by atoms with Gasteiger partial charge in [-0.2, -0.15) is 0 Å². The molecule has 0 bridgehead atoms. The highest BCUT2D eigenvalue weighted by Crippen LogP contribution is 2.19. The van der Waals surface area contributed by atoms with Gasteiger partial charge in [0.1, 0.15) is 6.10 Å². The fourth-order valence-corrected chi connectivity index (χ4v) is 9.75. The molecule has 0 heterocycles. The predicted molar refractivity (Wildman–Crippen MR) is 287 cm³/mol. The van der Waals surface area contributed by atoms with E-state index in [1.165, 1.54) is 283 Å². The summed E-state index contributed by atoms with van der Waals surface area (Å²) >= 11 is 0. The molecule has 0 aliphatic heterocycles. The first-order valence-electron chi connectivity index (χ1n) is 30.0. The molecule has 0 rings (SSSR count). The molecule has 65 heavy (non-hydrogen) atoms. The molecule has 0 saturated heterocycles. The van der Waals surface area contributed by atoms with Crippen molar-refractivity contribution in [1.82, 2.24) is 5.32 Å². The molecule has 5 heteroatoms. The summed E-state index contributed by atoms with van der Waals surface area (Å²) in [4.78, 5) is 12.5. The number of rotatable bonds is 56. The lowest BCUT2D eigenvalue weighted by atomic mass is 9.99. The third kappa shape index (κ3) is 50.8. The average molecular weight is 919 g/mol. The van der Waals surface area contributed by atoms with Crippen molar-refractivity contribution in [3.63, 3.8) is 0 Å². The largest absolute Gasteiger partial charge is 0.394 e. The number of nitrogens with one attached hydrogen (secondary N) is 1. The van der Waals surface area contributed by atoms with Gasteiger partial charge in [-0.3, -0.25) is 4.79 Å². The SMILES string of the molecule is CCCCCCCCCCCCCC/C=C\CCCCCCCCCCCCCC(=O)NC(CO)C(O)C(O)CCCCCCCCCCCCCCCCCCCCCCCCCC. The van der Waals surface area contributed by atoms with Gasteiger partial charge in [0.25, 0.3) is 0 Å². The lowest BCUT2D eigenvalue weighted by molar-refractivity contribution is -0.124. The molecule has 4 N–H and O–H groups in total. The second-order valence-electron chi connectivity index (χ2n) is 20.9. The third-order valence-electron chi connectivity index (χ3n) is 14.4. The number of allylic oxidation sites excluding steroid dienone is 2. The van der Waals surface area contributed by atoms with Crippen LogP contribution in [0.3, 0.4) is 0 Å². The molecule has 1 amide bonds. The summed E-state index contributed by atoms with van der Waals surface area (Å²) in [5.41, 5.74) is 0. The van der Waals surface area contributed by atoms with E-state index in [1.807, 2.05) is 0 Å². The third-order valence-corrected chi connectivity index (χ3v) is 14.4. The molecule has 388 valence electrons. The quantitative estimate of drug-likeness (QED) is 0.0361. The van der Waals surface area contributed by atoms with E-state index in [-0.39, 0.29) is 12.5 Å².